The highest BCUT2D eigenvalue weighted by atomic mass is 35.5. The highest BCUT2D eigenvalue weighted by Gasteiger charge is 2.33. The van der Waals surface area contributed by atoms with E-state index in [4.69, 9.17) is 23.2 Å². The summed E-state index contributed by atoms with van der Waals surface area (Å²) in [7, 11) is 0. The van der Waals surface area contributed by atoms with Crippen LogP contribution in [0.15, 0.2) is 59.5 Å². The Balaban J connectivity index is 1.57. The number of hydrogen-bond donors (Lipinski definition) is 2. The number of rotatable bonds is 7. The second-order valence-corrected chi connectivity index (χ2v) is 8.74. The van der Waals surface area contributed by atoms with Crippen LogP contribution in [0.1, 0.15) is 23.2 Å². The maximum absolute atomic E-state index is 12.5. The van der Waals surface area contributed by atoms with Crippen molar-refractivity contribution in [2.75, 3.05) is 11.1 Å². The van der Waals surface area contributed by atoms with Crippen molar-refractivity contribution in [3.8, 4) is 0 Å². The van der Waals surface area contributed by atoms with Gasteiger partial charge in [0.1, 0.15) is 0 Å². The molecular formula is C22H19Cl2NO4S. The molecule has 0 spiro atoms. The highest BCUT2D eigenvalue weighted by molar-refractivity contribution is 8.00. The van der Waals surface area contributed by atoms with Crippen LogP contribution >= 0.6 is 35.0 Å². The Hall–Kier alpha value is -2.28. The highest BCUT2D eigenvalue weighted by Crippen LogP contribution is 2.28. The standard InChI is InChI=1S/C22H19Cl2NO4S/c23-13-5-10-18(19(24)11-13)20(26)12-30-15-8-6-14(7-9-15)25-21(27)16-3-1-2-4-17(16)22(28)29/h1-2,5-11,16-17H,3-4,12H2,(H,25,27)(H,28,29). The normalized spacial score (nSPS) is 18.1. The number of carbonyl (C=O) groups is 3. The van der Waals surface area contributed by atoms with Crippen LogP contribution in [0.5, 0.6) is 0 Å². The van der Waals surface area contributed by atoms with Crippen LogP contribution in [0.2, 0.25) is 10.0 Å². The summed E-state index contributed by atoms with van der Waals surface area (Å²) in [6.45, 7) is 0. The summed E-state index contributed by atoms with van der Waals surface area (Å²) in [5.41, 5.74) is 1.00. The van der Waals surface area contributed by atoms with Gasteiger partial charge in [-0.25, -0.2) is 0 Å². The number of aliphatic carboxylic acids is 1. The van der Waals surface area contributed by atoms with Gasteiger partial charge in [0.2, 0.25) is 5.91 Å². The average Bonchev–Trinajstić information content (AvgIpc) is 2.73. The predicted molar refractivity (Wildman–Crippen MR) is 120 cm³/mol. The van der Waals surface area contributed by atoms with Crippen molar-refractivity contribution < 1.29 is 19.5 Å². The quantitative estimate of drug-likeness (QED) is 0.318. The summed E-state index contributed by atoms with van der Waals surface area (Å²) >= 11 is 13.3. The molecule has 5 nitrogen and oxygen atoms in total. The fourth-order valence-electron chi connectivity index (χ4n) is 3.19. The number of Topliss-reactive ketones (excluding diaryl/α,β-unsaturated/α-hetero) is 1. The number of halogens is 2. The summed E-state index contributed by atoms with van der Waals surface area (Å²) in [6.07, 6.45) is 4.40. The van der Waals surface area contributed by atoms with Gasteiger partial charge < -0.3 is 10.4 Å². The predicted octanol–water partition coefficient (Wildman–Crippen LogP) is 5.57. The molecule has 2 N–H and O–H groups in total. The lowest BCUT2D eigenvalue weighted by Crippen LogP contribution is -2.34. The number of allylic oxidation sites excluding steroid dienone is 2. The lowest BCUT2D eigenvalue weighted by molar-refractivity contribution is -0.146. The van der Waals surface area contributed by atoms with E-state index in [9.17, 15) is 19.5 Å². The van der Waals surface area contributed by atoms with Gasteiger partial charge in [-0.05, 0) is 55.3 Å². The summed E-state index contributed by atoms with van der Waals surface area (Å²) < 4.78 is 0. The third-order valence-corrected chi connectivity index (χ3v) is 6.37. The molecule has 0 aliphatic heterocycles. The van der Waals surface area contributed by atoms with E-state index in [1.54, 1.807) is 42.5 Å². The van der Waals surface area contributed by atoms with Gasteiger partial charge >= 0.3 is 5.97 Å². The molecule has 0 radical (unpaired) electrons. The smallest absolute Gasteiger partial charge is 0.307 e. The van der Waals surface area contributed by atoms with Crippen LogP contribution in [0.3, 0.4) is 0 Å². The first-order valence-electron chi connectivity index (χ1n) is 9.25. The van der Waals surface area contributed by atoms with Crippen LogP contribution in [0.25, 0.3) is 0 Å². The van der Waals surface area contributed by atoms with E-state index in [2.05, 4.69) is 5.32 Å². The zero-order valence-electron chi connectivity index (χ0n) is 15.8. The summed E-state index contributed by atoms with van der Waals surface area (Å²) in [4.78, 5) is 37.1. The Bertz CT molecular complexity index is 991. The van der Waals surface area contributed by atoms with Gasteiger partial charge in [-0.15, -0.1) is 11.8 Å². The maximum Gasteiger partial charge on any atom is 0.307 e. The van der Waals surface area contributed by atoms with Gasteiger partial charge in [0, 0.05) is 21.2 Å². The zero-order chi connectivity index (χ0) is 21.7. The molecule has 2 atom stereocenters. The first-order valence-corrected chi connectivity index (χ1v) is 11.0. The number of benzene rings is 2. The largest absolute Gasteiger partial charge is 0.481 e. The second-order valence-electron chi connectivity index (χ2n) is 6.84. The minimum Gasteiger partial charge on any atom is -0.481 e. The van der Waals surface area contributed by atoms with Gasteiger partial charge in [0.05, 0.1) is 22.6 Å². The van der Waals surface area contributed by atoms with Crippen molar-refractivity contribution in [1.82, 2.24) is 0 Å². The van der Waals surface area contributed by atoms with E-state index in [0.29, 0.717) is 34.1 Å². The number of carbonyl (C=O) groups excluding carboxylic acids is 2. The SMILES string of the molecule is O=C(CSc1ccc(NC(=O)C2CC=CCC2C(=O)O)cc1)c1ccc(Cl)cc1Cl. The molecule has 2 aromatic rings. The lowest BCUT2D eigenvalue weighted by atomic mass is 9.82. The van der Waals surface area contributed by atoms with Crippen LogP contribution in [-0.4, -0.2) is 28.5 Å². The van der Waals surface area contributed by atoms with E-state index in [-0.39, 0.29) is 17.4 Å². The molecule has 8 heteroatoms. The van der Waals surface area contributed by atoms with Crippen molar-refractivity contribution in [2.24, 2.45) is 11.8 Å². The van der Waals surface area contributed by atoms with Crippen molar-refractivity contribution >= 4 is 58.3 Å². The second kappa shape index (κ2) is 10.2. The van der Waals surface area contributed by atoms with Crippen LogP contribution in [-0.2, 0) is 9.59 Å². The number of carboxylic acids is 1. The van der Waals surface area contributed by atoms with Crippen molar-refractivity contribution in [2.45, 2.75) is 17.7 Å². The van der Waals surface area contributed by atoms with Gasteiger partial charge in [-0.3, -0.25) is 14.4 Å². The molecule has 0 aromatic heterocycles. The molecular weight excluding hydrogens is 445 g/mol. The molecule has 30 heavy (non-hydrogen) atoms. The minimum absolute atomic E-state index is 0.107. The van der Waals surface area contributed by atoms with Gasteiger partial charge in [-0.2, -0.15) is 0 Å². The Morgan fingerprint density at radius 2 is 1.67 bits per heavy atom. The summed E-state index contributed by atoms with van der Waals surface area (Å²) in [6, 6.07) is 11.8. The molecule has 0 bridgehead atoms. The molecule has 1 aliphatic rings. The molecule has 0 saturated carbocycles. The van der Waals surface area contributed by atoms with Crippen molar-refractivity contribution in [1.29, 1.82) is 0 Å². The third-order valence-electron chi connectivity index (χ3n) is 4.81. The number of thioether (sulfide) groups is 1. The van der Waals surface area contributed by atoms with Gasteiger partial charge in [0.15, 0.2) is 5.78 Å². The van der Waals surface area contributed by atoms with E-state index < -0.39 is 17.8 Å². The molecule has 2 aromatic carbocycles. The molecule has 156 valence electrons. The van der Waals surface area contributed by atoms with E-state index in [1.165, 1.54) is 17.8 Å². The first-order chi connectivity index (χ1) is 14.3. The average molecular weight is 464 g/mol. The van der Waals surface area contributed by atoms with Gasteiger partial charge in [-0.1, -0.05) is 35.4 Å². The number of nitrogens with one attached hydrogen (secondary N) is 1. The number of ketones is 1. The van der Waals surface area contributed by atoms with E-state index in [0.717, 1.165) is 4.90 Å². The Labute approximate surface area is 188 Å². The molecule has 3 rings (SSSR count). The fraction of sp³-hybridized carbons (Fsp3) is 0.227. The first kappa shape index (κ1) is 22.4. The molecule has 0 saturated heterocycles. The maximum atomic E-state index is 12.5. The van der Waals surface area contributed by atoms with E-state index in [1.807, 2.05) is 6.08 Å². The summed E-state index contributed by atoms with van der Waals surface area (Å²) in [5, 5.41) is 12.9. The molecule has 1 aliphatic carbocycles. The van der Waals surface area contributed by atoms with Crippen LogP contribution in [0.4, 0.5) is 5.69 Å². The van der Waals surface area contributed by atoms with Crippen molar-refractivity contribution in [3.05, 3.63) is 70.2 Å². The van der Waals surface area contributed by atoms with Crippen molar-refractivity contribution in [3.63, 3.8) is 0 Å². The van der Waals surface area contributed by atoms with E-state index >= 15 is 0 Å². The Morgan fingerprint density at radius 3 is 2.30 bits per heavy atom. The number of anilines is 1. The molecule has 0 fully saturated rings. The number of carboxylic acid groups (broad SMARTS) is 1. The fourth-order valence-corrected chi connectivity index (χ4v) is 4.48. The topological polar surface area (TPSA) is 83.5 Å². The van der Waals surface area contributed by atoms with Crippen LogP contribution < -0.4 is 5.32 Å². The molecule has 2 unspecified atom stereocenters. The minimum atomic E-state index is -0.961. The number of amides is 1. The number of hydrogen-bond acceptors (Lipinski definition) is 4. The molecule has 1 amide bonds. The Morgan fingerprint density at radius 1 is 1.00 bits per heavy atom. The van der Waals surface area contributed by atoms with Gasteiger partial charge in [0.25, 0.3) is 0 Å². The third kappa shape index (κ3) is 5.65. The zero-order valence-corrected chi connectivity index (χ0v) is 18.1. The molecule has 0 heterocycles. The Kier molecular flexibility index (Phi) is 7.58. The van der Waals surface area contributed by atoms with Crippen LogP contribution in [0, 0.1) is 11.8 Å². The summed E-state index contributed by atoms with van der Waals surface area (Å²) in [5.74, 6) is -2.47. The lowest BCUT2D eigenvalue weighted by Gasteiger charge is -2.24. The monoisotopic (exact) mass is 463 g/mol.